The third-order valence-corrected chi connectivity index (χ3v) is 3.84. The van der Waals surface area contributed by atoms with Crippen molar-refractivity contribution in [2.45, 2.75) is 32.4 Å². The van der Waals surface area contributed by atoms with Gasteiger partial charge >= 0.3 is 6.09 Å². The number of carbonyl (C=O) groups excluding carboxylic acids is 1. The topological polar surface area (TPSA) is 65.9 Å². The van der Waals surface area contributed by atoms with Crippen LogP contribution < -0.4 is 4.90 Å². The summed E-state index contributed by atoms with van der Waals surface area (Å²) in [6, 6.07) is 0.899. The first-order chi connectivity index (χ1) is 10.7. The van der Waals surface area contributed by atoms with E-state index in [1.165, 1.54) is 17.2 Å². The second-order valence-corrected chi connectivity index (χ2v) is 7.33. The van der Waals surface area contributed by atoms with E-state index >= 15 is 0 Å². The van der Waals surface area contributed by atoms with E-state index < -0.39 is 23.6 Å². The molecule has 0 radical (unpaired) electrons. The zero-order valence-electron chi connectivity index (χ0n) is 13.4. The highest BCUT2D eigenvalue weighted by Gasteiger charge is 2.33. The van der Waals surface area contributed by atoms with E-state index in [0.717, 1.165) is 0 Å². The van der Waals surface area contributed by atoms with Crippen LogP contribution in [0.4, 0.5) is 15.0 Å². The summed E-state index contributed by atoms with van der Waals surface area (Å²) >= 11 is 3.17. The van der Waals surface area contributed by atoms with E-state index in [9.17, 15) is 14.3 Å². The average Bonchev–Trinajstić information content (AvgIpc) is 2.45. The molecule has 1 aliphatic rings. The fourth-order valence-electron chi connectivity index (χ4n) is 2.40. The lowest BCUT2D eigenvalue weighted by Crippen LogP contribution is -2.57. The standard InChI is InChI=1S/C15H21BrFN3O3/c1-15(2,3)23-14(22)19-4-5-20(11(8-19)9-21)13-12(17)6-10(16)7-18-13/h6-7,11,21H,4-5,8-9H2,1-3H3/t11-/m0/s1. The number of aromatic nitrogens is 1. The highest BCUT2D eigenvalue weighted by molar-refractivity contribution is 9.10. The number of piperazine rings is 1. The second-order valence-electron chi connectivity index (χ2n) is 6.42. The third-order valence-electron chi connectivity index (χ3n) is 3.41. The normalized spacial score (nSPS) is 19.0. The summed E-state index contributed by atoms with van der Waals surface area (Å²) in [5.41, 5.74) is -0.581. The number of aliphatic hydroxyl groups excluding tert-OH is 1. The SMILES string of the molecule is CC(C)(C)OC(=O)N1CCN(c2ncc(Br)cc2F)[C@H](CO)C1. The van der Waals surface area contributed by atoms with Crippen molar-refractivity contribution in [1.82, 2.24) is 9.88 Å². The summed E-state index contributed by atoms with van der Waals surface area (Å²) in [6.45, 7) is 6.18. The number of aliphatic hydroxyl groups is 1. The van der Waals surface area contributed by atoms with E-state index in [0.29, 0.717) is 17.6 Å². The Morgan fingerprint density at radius 3 is 2.78 bits per heavy atom. The Morgan fingerprint density at radius 1 is 1.52 bits per heavy atom. The zero-order valence-corrected chi connectivity index (χ0v) is 15.0. The number of carbonyl (C=O) groups is 1. The minimum absolute atomic E-state index is 0.177. The summed E-state index contributed by atoms with van der Waals surface area (Å²) in [7, 11) is 0. The molecule has 23 heavy (non-hydrogen) atoms. The molecular weight excluding hydrogens is 369 g/mol. The minimum Gasteiger partial charge on any atom is -0.444 e. The molecule has 8 heteroatoms. The lowest BCUT2D eigenvalue weighted by atomic mass is 10.1. The van der Waals surface area contributed by atoms with Gasteiger partial charge in [0.2, 0.25) is 0 Å². The number of pyridine rings is 1. The molecule has 0 aromatic carbocycles. The van der Waals surface area contributed by atoms with Crippen LogP contribution in [0, 0.1) is 5.82 Å². The minimum atomic E-state index is -0.581. The van der Waals surface area contributed by atoms with Gasteiger partial charge in [0.15, 0.2) is 11.6 Å². The fourth-order valence-corrected chi connectivity index (χ4v) is 2.70. The first-order valence-corrected chi connectivity index (χ1v) is 8.17. The summed E-state index contributed by atoms with van der Waals surface area (Å²) in [5.74, 6) is -0.292. The van der Waals surface area contributed by atoms with Crippen LogP contribution in [0.15, 0.2) is 16.7 Å². The summed E-state index contributed by atoms with van der Waals surface area (Å²) < 4.78 is 20.0. The Kier molecular flexibility index (Phi) is 5.46. The lowest BCUT2D eigenvalue weighted by Gasteiger charge is -2.41. The molecule has 1 atom stereocenters. The van der Waals surface area contributed by atoms with Crippen molar-refractivity contribution in [3.63, 3.8) is 0 Å². The first-order valence-electron chi connectivity index (χ1n) is 7.37. The van der Waals surface area contributed by atoms with Gasteiger partial charge in [0.05, 0.1) is 12.6 Å². The molecular formula is C15H21BrFN3O3. The van der Waals surface area contributed by atoms with Gasteiger partial charge in [-0.1, -0.05) is 0 Å². The Hall–Kier alpha value is -1.41. The highest BCUT2D eigenvalue weighted by atomic mass is 79.9. The van der Waals surface area contributed by atoms with Crippen molar-refractivity contribution in [2.24, 2.45) is 0 Å². The largest absolute Gasteiger partial charge is 0.444 e. The molecule has 1 fully saturated rings. The Balaban J connectivity index is 2.11. The molecule has 1 saturated heterocycles. The lowest BCUT2D eigenvalue weighted by molar-refractivity contribution is 0.0197. The van der Waals surface area contributed by atoms with Crippen molar-refractivity contribution < 1.29 is 19.0 Å². The van der Waals surface area contributed by atoms with Gasteiger partial charge in [-0.3, -0.25) is 0 Å². The molecule has 6 nitrogen and oxygen atoms in total. The molecule has 2 rings (SSSR count). The van der Waals surface area contributed by atoms with Crippen molar-refractivity contribution in [3.05, 3.63) is 22.6 Å². The van der Waals surface area contributed by atoms with Gasteiger partial charge in [0.25, 0.3) is 0 Å². The van der Waals surface area contributed by atoms with Gasteiger partial charge in [-0.25, -0.2) is 14.2 Å². The van der Waals surface area contributed by atoms with Crippen LogP contribution in [0.25, 0.3) is 0 Å². The summed E-state index contributed by atoms with van der Waals surface area (Å²) in [5, 5.41) is 9.62. The Bertz CT molecular complexity index is 580. The highest BCUT2D eigenvalue weighted by Crippen LogP contribution is 2.24. The van der Waals surface area contributed by atoms with Crippen LogP contribution in [-0.4, -0.2) is 59.0 Å². The number of ether oxygens (including phenoxy) is 1. The Morgan fingerprint density at radius 2 is 2.22 bits per heavy atom. The quantitative estimate of drug-likeness (QED) is 0.840. The number of nitrogens with zero attached hydrogens (tertiary/aromatic N) is 3. The molecule has 0 saturated carbocycles. The molecule has 0 aliphatic carbocycles. The van der Waals surface area contributed by atoms with Crippen LogP contribution in [0.3, 0.4) is 0 Å². The molecule has 1 aliphatic heterocycles. The van der Waals surface area contributed by atoms with Crippen LogP contribution in [-0.2, 0) is 4.74 Å². The Labute approximate surface area is 143 Å². The second kappa shape index (κ2) is 7.00. The van der Waals surface area contributed by atoms with E-state index in [1.54, 1.807) is 25.7 Å². The molecule has 0 bridgehead atoms. The number of amides is 1. The van der Waals surface area contributed by atoms with E-state index in [2.05, 4.69) is 20.9 Å². The number of halogens is 2. The van der Waals surface area contributed by atoms with Crippen LogP contribution in [0.2, 0.25) is 0 Å². The van der Waals surface area contributed by atoms with Crippen LogP contribution in [0.5, 0.6) is 0 Å². The molecule has 1 aromatic rings. The summed E-state index contributed by atoms with van der Waals surface area (Å²) in [6.07, 6.45) is 1.08. The van der Waals surface area contributed by atoms with Crippen molar-refractivity contribution in [1.29, 1.82) is 0 Å². The molecule has 0 spiro atoms. The molecule has 1 aromatic heterocycles. The molecule has 0 unspecified atom stereocenters. The number of hydrogen-bond donors (Lipinski definition) is 1. The number of rotatable bonds is 2. The maximum absolute atomic E-state index is 14.1. The van der Waals surface area contributed by atoms with Gasteiger partial charge in [0, 0.05) is 30.3 Å². The maximum atomic E-state index is 14.1. The molecule has 1 amide bonds. The van der Waals surface area contributed by atoms with E-state index in [-0.39, 0.29) is 19.0 Å². The third kappa shape index (κ3) is 4.54. The monoisotopic (exact) mass is 389 g/mol. The zero-order chi connectivity index (χ0) is 17.2. The van der Waals surface area contributed by atoms with Crippen molar-refractivity contribution in [2.75, 3.05) is 31.1 Å². The average molecular weight is 390 g/mol. The van der Waals surface area contributed by atoms with Gasteiger partial charge in [-0.2, -0.15) is 0 Å². The fraction of sp³-hybridized carbons (Fsp3) is 0.600. The van der Waals surface area contributed by atoms with Gasteiger partial charge < -0.3 is 19.6 Å². The van der Waals surface area contributed by atoms with Gasteiger partial charge in [0.1, 0.15) is 5.60 Å². The number of anilines is 1. The van der Waals surface area contributed by atoms with E-state index in [1.807, 2.05) is 0 Å². The van der Waals surface area contributed by atoms with Crippen molar-refractivity contribution >= 4 is 27.8 Å². The molecule has 128 valence electrons. The van der Waals surface area contributed by atoms with Crippen LogP contribution >= 0.6 is 15.9 Å². The molecule has 2 heterocycles. The van der Waals surface area contributed by atoms with Gasteiger partial charge in [-0.05, 0) is 42.8 Å². The van der Waals surface area contributed by atoms with Crippen molar-refractivity contribution in [3.8, 4) is 0 Å². The van der Waals surface area contributed by atoms with E-state index in [4.69, 9.17) is 4.74 Å². The predicted molar refractivity (Wildman–Crippen MR) is 87.9 cm³/mol. The van der Waals surface area contributed by atoms with Gasteiger partial charge in [-0.15, -0.1) is 0 Å². The first kappa shape index (κ1) is 17.9. The summed E-state index contributed by atoms with van der Waals surface area (Å²) in [4.78, 5) is 19.4. The maximum Gasteiger partial charge on any atom is 0.410 e. The van der Waals surface area contributed by atoms with Crippen LogP contribution in [0.1, 0.15) is 20.8 Å². The predicted octanol–water partition coefficient (Wildman–Crippen LogP) is 2.40. The molecule has 1 N–H and O–H groups in total. The number of hydrogen-bond acceptors (Lipinski definition) is 5. The smallest absolute Gasteiger partial charge is 0.410 e.